The van der Waals surface area contributed by atoms with E-state index in [1.807, 2.05) is 36.4 Å². The predicted molar refractivity (Wildman–Crippen MR) is 126 cm³/mol. The molecule has 4 rings (SSSR count). The first-order valence-corrected chi connectivity index (χ1v) is 12.1. The molecule has 0 atom stereocenters. The lowest BCUT2D eigenvalue weighted by atomic mass is 10.1. The summed E-state index contributed by atoms with van der Waals surface area (Å²) in [7, 11) is -2.07. The van der Waals surface area contributed by atoms with Gasteiger partial charge in [0.2, 0.25) is 10.0 Å². The molecule has 0 saturated heterocycles. The van der Waals surface area contributed by atoms with Gasteiger partial charge in [-0.05, 0) is 37.0 Å². The molecule has 4 aromatic rings. The van der Waals surface area contributed by atoms with Gasteiger partial charge >= 0.3 is 0 Å². The first-order chi connectivity index (χ1) is 15.4. The number of sulfonamides is 1. The molecule has 2 heterocycles. The van der Waals surface area contributed by atoms with Gasteiger partial charge in [-0.1, -0.05) is 36.4 Å². The molecule has 0 aliphatic carbocycles. The second kappa shape index (κ2) is 9.23. The van der Waals surface area contributed by atoms with E-state index in [1.165, 1.54) is 0 Å². The Kier molecular flexibility index (Phi) is 6.40. The molecule has 0 aliphatic heterocycles. The van der Waals surface area contributed by atoms with Crippen molar-refractivity contribution in [2.75, 3.05) is 19.5 Å². The number of rotatable bonds is 9. The number of hydrogen-bond donors (Lipinski definition) is 2. The van der Waals surface area contributed by atoms with Crippen LogP contribution in [0.1, 0.15) is 24.2 Å². The van der Waals surface area contributed by atoms with Gasteiger partial charge in [0.25, 0.3) is 0 Å². The SMILES string of the molecule is COCCc1nc2c(N)nc3ccccc3c2n1CCCCc1ccccc1S(N)(=O)=O. The fourth-order valence-corrected chi connectivity index (χ4v) is 4.91. The molecule has 0 radical (unpaired) electrons. The van der Waals surface area contributed by atoms with Gasteiger partial charge in [-0.25, -0.2) is 23.5 Å². The Morgan fingerprint density at radius 2 is 1.75 bits per heavy atom. The summed E-state index contributed by atoms with van der Waals surface area (Å²) in [5.74, 6) is 1.31. The molecule has 0 unspecified atom stereocenters. The van der Waals surface area contributed by atoms with Crippen molar-refractivity contribution < 1.29 is 13.2 Å². The number of pyridine rings is 1. The lowest BCUT2D eigenvalue weighted by Crippen LogP contribution is -2.14. The van der Waals surface area contributed by atoms with Crippen molar-refractivity contribution >= 4 is 37.8 Å². The third-order valence-corrected chi connectivity index (χ3v) is 6.59. The summed E-state index contributed by atoms with van der Waals surface area (Å²) in [6.07, 6.45) is 2.92. The van der Waals surface area contributed by atoms with Crippen molar-refractivity contribution in [1.29, 1.82) is 0 Å². The topological polar surface area (TPSA) is 126 Å². The second-order valence-electron chi connectivity index (χ2n) is 7.74. The number of unbranched alkanes of at least 4 members (excludes halogenated alkanes) is 1. The van der Waals surface area contributed by atoms with Gasteiger partial charge in [0.05, 0.1) is 22.5 Å². The van der Waals surface area contributed by atoms with Gasteiger partial charge in [0.1, 0.15) is 11.3 Å². The number of aromatic nitrogens is 3. The van der Waals surface area contributed by atoms with Crippen LogP contribution in [0, 0.1) is 0 Å². The van der Waals surface area contributed by atoms with E-state index in [0.29, 0.717) is 30.8 Å². The number of anilines is 1. The summed E-state index contributed by atoms with van der Waals surface area (Å²) < 4.78 is 31.2. The van der Waals surface area contributed by atoms with Crippen LogP contribution in [0.3, 0.4) is 0 Å². The lowest BCUT2D eigenvalue weighted by Gasteiger charge is -2.12. The van der Waals surface area contributed by atoms with E-state index in [2.05, 4.69) is 9.55 Å². The Labute approximate surface area is 187 Å². The zero-order valence-electron chi connectivity index (χ0n) is 18.0. The highest BCUT2D eigenvalue weighted by atomic mass is 32.2. The molecule has 0 amide bonds. The molecule has 0 spiro atoms. The van der Waals surface area contributed by atoms with E-state index in [-0.39, 0.29) is 4.90 Å². The Hall–Kier alpha value is -3.01. The number of methoxy groups -OCH3 is 1. The van der Waals surface area contributed by atoms with Crippen molar-refractivity contribution in [3.05, 3.63) is 59.9 Å². The third-order valence-electron chi connectivity index (χ3n) is 5.58. The molecule has 8 nitrogen and oxygen atoms in total. The van der Waals surface area contributed by atoms with E-state index in [4.69, 9.17) is 20.6 Å². The molecule has 9 heteroatoms. The maximum Gasteiger partial charge on any atom is 0.238 e. The normalized spacial score (nSPS) is 12.1. The van der Waals surface area contributed by atoms with Crippen molar-refractivity contribution in [2.45, 2.75) is 37.1 Å². The highest BCUT2D eigenvalue weighted by molar-refractivity contribution is 7.89. The van der Waals surface area contributed by atoms with E-state index in [0.717, 1.165) is 47.2 Å². The van der Waals surface area contributed by atoms with Gasteiger partial charge in [-0.3, -0.25) is 0 Å². The molecule has 0 bridgehead atoms. The van der Waals surface area contributed by atoms with Crippen LogP contribution < -0.4 is 10.9 Å². The predicted octanol–water partition coefficient (Wildman–Crippen LogP) is 3.03. The first kappa shape index (κ1) is 22.2. The van der Waals surface area contributed by atoms with Crippen LogP contribution in [0.15, 0.2) is 53.4 Å². The lowest BCUT2D eigenvalue weighted by molar-refractivity contribution is 0.199. The fourth-order valence-electron chi connectivity index (χ4n) is 4.10. The molecular weight excluding hydrogens is 426 g/mol. The molecular formula is C23H27N5O3S. The number of hydrogen-bond acceptors (Lipinski definition) is 6. The zero-order valence-corrected chi connectivity index (χ0v) is 18.8. The van der Waals surface area contributed by atoms with Gasteiger partial charge in [-0.2, -0.15) is 0 Å². The summed E-state index contributed by atoms with van der Waals surface area (Å²) in [5.41, 5.74) is 9.49. The Morgan fingerprint density at radius 3 is 2.53 bits per heavy atom. The third kappa shape index (κ3) is 4.45. The molecule has 0 fully saturated rings. The molecule has 0 saturated carbocycles. The standard InChI is InChI=1S/C23H27N5O3S/c1-31-15-13-20-27-21-22(17-10-3-4-11-18(17)26-23(21)24)28(20)14-7-6-9-16-8-2-5-12-19(16)32(25,29)30/h2-5,8,10-12H,6-7,9,13-15H2,1H3,(H2,24,26)(H2,25,29,30). The average molecular weight is 454 g/mol. The molecule has 2 aromatic heterocycles. The summed E-state index contributed by atoms with van der Waals surface area (Å²) in [6, 6.07) is 14.8. The van der Waals surface area contributed by atoms with E-state index in [1.54, 1.807) is 19.2 Å². The van der Waals surface area contributed by atoms with Gasteiger partial charge in [-0.15, -0.1) is 0 Å². The molecule has 2 aromatic carbocycles. The van der Waals surface area contributed by atoms with Gasteiger partial charge < -0.3 is 15.0 Å². The van der Waals surface area contributed by atoms with E-state index < -0.39 is 10.0 Å². The first-order valence-electron chi connectivity index (χ1n) is 10.5. The summed E-state index contributed by atoms with van der Waals surface area (Å²) in [5, 5.41) is 6.37. The van der Waals surface area contributed by atoms with Crippen molar-refractivity contribution in [3.8, 4) is 0 Å². The zero-order chi connectivity index (χ0) is 22.7. The number of ether oxygens (including phenoxy) is 1. The highest BCUT2D eigenvalue weighted by Crippen LogP contribution is 2.29. The number of aryl methyl sites for hydroxylation is 2. The average Bonchev–Trinajstić information content (AvgIpc) is 3.14. The Balaban J connectivity index is 1.63. The number of nitrogen functional groups attached to an aromatic ring is 1. The largest absolute Gasteiger partial charge is 0.384 e. The summed E-state index contributed by atoms with van der Waals surface area (Å²) in [6.45, 7) is 1.27. The number of benzene rings is 2. The number of para-hydroxylation sites is 1. The van der Waals surface area contributed by atoms with Crippen molar-refractivity contribution in [1.82, 2.24) is 14.5 Å². The molecule has 4 N–H and O–H groups in total. The van der Waals surface area contributed by atoms with Crippen LogP contribution in [0.5, 0.6) is 0 Å². The van der Waals surface area contributed by atoms with Gasteiger partial charge in [0, 0.05) is 25.5 Å². The van der Waals surface area contributed by atoms with Crippen LogP contribution in [0.25, 0.3) is 21.9 Å². The van der Waals surface area contributed by atoms with Crippen LogP contribution >= 0.6 is 0 Å². The molecule has 0 aliphatic rings. The van der Waals surface area contributed by atoms with Crippen LogP contribution in [0.2, 0.25) is 0 Å². The van der Waals surface area contributed by atoms with Crippen LogP contribution in [-0.4, -0.2) is 36.7 Å². The van der Waals surface area contributed by atoms with Crippen LogP contribution in [0.4, 0.5) is 5.82 Å². The maximum atomic E-state index is 11.9. The Bertz CT molecular complexity index is 1370. The maximum absolute atomic E-state index is 11.9. The molecule has 168 valence electrons. The number of imidazole rings is 1. The molecule has 32 heavy (non-hydrogen) atoms. The van der Waals surface area contributed by atoms with E-state index in [9.17, 15) is 8.42 Å². The smallest absolute Gasteiger partial charge is 0.238 e. The Morgan fingerprint density at radius 1 is 1.00 bits per heavy atom. The summed E-state index contributed by atoms with van der Waals surface area (Å²) >= 11 is 0. The van der Waals surface area contributed by atoms with Crippen molar-refractivity contribution in [2.24, 2.45) is 5.14 Å². The quantitative estimate of drug-likeness (QED) is 0.375. The number of fused-ring (bicyclic) bond motifs is 3. The monoisotopic (exact) mass is 453 g/mol. The number of primary sulfonamides is 1. The minimum absolute atomic E-state index is 0.193. The highest BCUT2D eigenvalue weighted by Gasteiger charge is 2.17. The second-order valence-corrected chi connectivity index (χ2v) is 9.27. The van der Waals surface area contributed by atoms with Gasteiger partial charge in [0.15, 0.2) is 5.82 Å². The van der Waals surface area contributed by atoms with E-state index >= 15 is 0 Å². The minimum atomic E-state index is -3.74. The fraction of sp³-hybridized carbons (Fsp3) is 0.304. The van der Waals surface area contributed by atoms with Crippen LogP contribution in [-0.2, 0) is 34.1 Å². The summed E-state index contributed by atoms with van der Waals surface area (Å²) in [4.78, 5) is 9.49. The van der Waals surface area contributed by atoms with Crippen molar-refractivity contribution in [3.63, 3.8) is 0 Å². The number of nitrogens with zero attached hydrogens (tertiary/aromatic N) is 3. The number of nitrogens with two attached hydrogens (primary N) is 2. The minimum Gasteiger partial charge on any atom is -0.384 e.